The lowest BCUT2D eigenvalue weighted by Crippen LogP contribution is -2.00. The second kappa shape index (κ2) is 7.31. The number of hydrogen-bond donors (Lipinski definition) is 1. The number of halogens is 1. The lowest BCUT2D eigenvalue weighted by Gasteiger charge is -2.11. The van der Waals surface area contributed by atoms with Gasteiger partial charge in [0.05, 0.1) is 11.6 Å². The maximum atomic E-state index is 9.05. The summed E-state index contributed by atoms with van der Waals surface area (Å²) < 4.78 is 11.9. The van der Waals surface area contributed by atoms with Crippen molar-refractivity contribution in [3.63, 3.8) is 0 Å². The molecule has 4 heteroatoms. The minimum atomic E-state index is 0.120. The number of benzene rings is 2. The van der Waals surface area contributed by atoms with Gasteiger partial charge in [0.1, 0.15) is 18.1 Å². The van der Waals surface area contributed by atoms with Crippen LogP contribution in [0.2, 0.25) is 0 Å². The lowest BCUT2D eigenvalue weighted by atomic mass is 10.1. The molecule has 3 nitrogen and oxygen atoms in total. The summed E-state index contributed by atoms with van der Waals surface area (Å²) in [5.41, 5.74) is 2.07. The summed E-state index contributed by atoms with van der Waals surface area (Å²) in [5, 5.41) is 9.05. The van der Waals surface area contributed by atoms with Crippen LogP contribution in [0.4, 0.5) is 0 Å². The Morgan fingerprint density at radius 1 is 1.10 bits per heavy atom. The van der Waals surface area contributed by atoms with Gasteiger partial charge in [0.2, 0.25) is 0 Å². The SMILES string of the molecule is COc1ccc(COc2ccccc2CCO)cc1Br. The Kier molecular flexibility index (Phi) is 5.44. The van der Waals surface area contributed by atoms with E-state index in [4.69, 9.17) is 14.6 Å². The topological polar surface area (TPSA) is 38.7 Å². The second-order valence-electron chi connectivity index (χ2n) is 4.34. The molecule has 0 bridgehead atoms. The normalized spacial score (nSPS) is 10.3. The van der Waals surface area contributed by atoms with Crippen molar-refractivity contribution in [1.82, 2.24) is 0 Å². The van der Waals surface area contributed by atoms with Crippen molar-refractivity contribution in [3.8, 4) is 11.5 Å². The number of para-hydroxylation sites is 1. The molecular weight excluding hydrogens is 320 g/mol. The number of ether oxygens (including phenoxy) is 2. The number of aliphatic hydroxyl groups is 1. The fraction of sp³-hybridized carbons (Fsp3) is 0.250. The molecule has 0 radical (unpaired) electrons. The van der Waals surface area contributed by atoms with Crippen molar-refractivity contribution >= 4 is 15.9 Å². The van der Waals surface area contributed by atoms with Crippen LogP contribution in [0.1, 0.15) is 11.1 Å². The summed E-state index contributed by atoms with van der Waals surface area (Å²) in [6, 6.07) is 13.6. The van der Waals surface area contributed by atoms with E-state index in [1.807, 2.05) is 42.5 Å². The zero-order valence-electron chi connectivity index (χ0n) is 11.3. The second-order valence-corrected chi connectivity index (χ2v) is 5.19. The van der Waals surface area contributed by atoms with Gasteiger partial charge in [-0.2, -0.15) is 0 Å². The van der Waals surface area contributed by atoms with E-state index in [0.717, 1.165) is 27.1 Å². The predicted octanol–water partition coefficient (Wildman–Crippen LogP) is 3.57. The quantitative estimate of drug-likeness (QED) is 0.876. The fourth-order valence-electron chi connectivity index (χ4n) is 1.93. The van der Waals surface area contributed by atoms with E-state index in [9.17, 15) is 0 Å². The van der Waals surface area contributed by atoms with Crippen LogP contribution in [-0.4, -0.2) is 18.8 Å². The molecule has 0 heterocycles. The minimum absolute atomic E-state index is 0.120. The third-order valence-electron chi connectivity index (χ3n) is 2.96. The standard InChI is InChI=1S/C16H17BrO3/c1-19-16-7-6-12(10-14(16)17)11-20-15-5-3-2-4-13(15)8-9-18/h2-7,10,18H,8-9,11H2,1H3. The summed E-state index contributed by atoms with van der Waals surface area (Å²) in [4.78, 5) is 0. The molecule has 0 amide bonds. The molecule has 106 valence electrons. The molecule has 1 N–H and O–H groups in total. The van der Waals surface area contributed by atoms with Crippen molar-refractivity contribution in [2.24, 2.45) is 0 Å². The maximum absolute atomic E-state index is 9.05. The molecule has 0 aliphatic heterocycles. The third kappa shape index (κ3) is 3.74. The van der Waals surface area contributed by atoms with Crippen LogP contribution in [0, 0.1) is 0 Å². The Morgan fingerprint density at radius 2 is 1.90 bits per heavy atom. The van der Waals surface area contributed by atoms with Gasteiger partial charge in [0.25, 0.3) is 0 Å². The van der Waals surface area contributed by atoms with Crippen LogP contribution in [0.15, 0.2) is 46.9 Å². The lowest BCUT2D eigenvalue weighted by molar-refractivity contribution is 0.284. The van der Waals surface area contributed by atoms with Gasteiger partial charge in [-0.1, -0.05) is 24.3 Å². The van der Waals surface area contributed by atoms with Crippen molar-refractivity contribution in [1.29, 1.82) is 0 Å². The average Bonchev–Trinajstić information content (AvgIpc) is 2.47. The number of hydrogen-bond acceptors (Lipinski definition) is 3. The largest absolute Gasteiger partial charge is 0.496 e. The Labute approximate surface area is 127 Å². The molecule has 0 spiro atoms. The van der Waals surface area contributed by atoms with Crippen molar-refractivity contribution < 1.29 is 14.6 Å². The maximum Gasteiger partial charge on any atom is 0.133 e. The number of methoxy groups -OCH3 is 1. The molecule has 2 rings (SSSR count). The molecule has 0 aromatic heterocycles. The molecule has 0 saturated heterocycles. The Morgan fingerprint density at radius 3 is 2.60 bits per heavy atom. The molecular formula is C16H17BrO3. The van der Waals surface area contributed by atoms with Gasteiger partial charge in [0.15, 0.2) is 0 Å². The van der Waals surface area contributed by atoms with Crippen LogP contribution in [0.3, 0.4) is 0 Å². The van der Waals surface area contributed by atoms with Crippen LogP contribution in [0.5, 0.6) is 11.5 Å². The Bertz CT molecular complexity index is 569. The summed E-state index contributed by atoms with van der Waals surface area (Å²) in [6.45, 7) is 0.597. The molecule has 20 heavy (non-hydrogen) atoms. The van der Waals surface area contributed by atoms with Gasteiger partial charge >= 0.3 is 0 Å². The van der Waals surface area contributed by atoms with E-state index in [-0.39, 0.29) is 6.61 Å². The summed E-state index contributed by atoms with van der Waals surface area (Å²) in [7, 11) is 1.64. The molecule has 0 saturated carbocycles. The molecule has 2 aromatic carbocycles. The van der Waals surface area contributed by atoms with Gasteiger partial charge < -0.3 is 14.6 Å². The van der Waals surface area contributed by atoms with Crippen molar-refractivity contribution in [2.45, 2.75) is 13.0 Å². The van der Waals surface area contributed by atoms with Crippen molar-refractivity contribution in [3.05, 3.63) is 58.1 Å². The third-order valence-corrected chi connectivity index (χ3v) is 3.58. The monoisotopic (exact) mass is 336 g/mol. The van der Waals surface area contributed by atoms with Gasteiger partial charge in [-0.15, -0.1) is 0 Å². The van der Waals surface area contributed by atoms with E-state index in [2.05, 4.69) is 15.9 Å². The molecule has 0 fully saturated rings. The zero-order valence-corrected chi connectivity index (χ0v) is 12.9. The highest BCUT2D eigenvalue weighted by atomic mass is 79.9. The highest BCUT2D eigenvalue weighted by Gasteiger charge is 2.05. The summed E-state index contributed by atoms with van der Waals surface area (Å²) >= 11 is 3.46. The van der Waals surface area contributed by atoms with E-state index in [1.165, 1.54) is 0 Å². The summed E-state index contributed by atoms with van der Waals surface area (Å²) in [5.74, 6) is 1.61. The van der Waals surface area contributed by atoms with Gasteiger partial charge in [-0.05, 0) is 51.7 Å². The first-order valence-corrected chi connectivity index (χ1v) is 7.18. The van der Waals surface area contributed by atoms with Crippen LogP contribution >= 0.6 is 15.9 Å². The first-order chi connectivity index (χ1) is 9.74. The molecule has 0 atom stereocenters. The van der Waals surface area contributed by atoms with E-state index >= 15 is 0 Å². The molecule has 0 aliphatic rings. The van der Waals surface area contributed by atoms with E-state index in [0.29, 0.717) is 13.0 Å². The smallest absolute Gasteiger partial charge is 0.133 e. The van der Waals surface area contributed by atoms with Gasteiger partial charge in [-0.25, -0.2) is 0 Å². The first-order valence-electron chi connectivity index (χ1n) is 6.38. The predicted molar refractivity (Wildman–Crippen MR) is 82.3 cm³/mol. The Hall–Kier alpha value is -1.52. The number of rotatable bonds is 6. The van der Waals surface area contributed by atoms with Crippen LogP contribution in [0.25, 0.3) is 0 Å². The Balaban J connectivity index is 2.07. The van der Waals surface area contributed by atoms with Crippen LogP contribution in [-0.2, 0) is 13.0 Å². The minimum Gasteiger partial charge on any atom is -0.496 e. The van der Waals surface area contributed by atoms with E-state index < -0.39 is 0 Å². The van der Waals surface area contributed by atoms with Gasteiger partial charge in [0, 0.05) is 6.61 Å². The highest BCUT2D eigenvalue weighted by molar-refractivity contribution is 9.10. The zero-order chi connectivity index (χ0) is 14.4. The van der Waals surface area contributed by atoms with Crippen LogP contribution < -0.4 is 9.47 Å². The van der Waals surface area contributed by atoms with Gasteiger partial charge in [-0.3, -0.25) is 0 Å². The molecule has 0 unspecified atom stereocenters. The fourth-order valence-corrected chi connectivity index (χ4v) is 2.52. The molecule has 2 aromatic rings. The number of aliphatic hydroxyl groups excluding tert-OH is 1. The highest BCUT2D eigenvalue weighted by Crippen LogP contribution is 2.26. The van der Waals surface area contributed by atoms with Crippen molar-refractivity contribution in [2.75, 3.05) is 13.7 Å². The first kappa shape index (κ1) is 14.9. The molecule has 0 aliphatic carbocycles. The van der Waals surface area contributed by atoms with E-state index in [1.54, 1.807) is 7.11 Å². The summed E-state index contributed by atoms with van der Waals surface area (Å²) in [6.07, 6.45) is 0.600. The average molecular weight is 337 g/mol.